The van der Waals surface area contributed by atoms with Crippen LogP contribution in [0.5, 0.6) is 0 Å². The van der Waals surface area contributed by atoms with Gasteiger partial charge in [-0.25, -0.2) is 0 Å². The van der Waals surface area contributed by atoms with Crippen LogP contribution >= 0.6 is 0 Å². The highest BCUT2D eigenvalue weighted by Crippen LogP contribution is 2.20. The molecule has 0 bridgehead atoms. The van der Waals surface area contributed by atoms with Crippen molar-refractivity contribution in [1.29, 1.82) is 0 Å². The molecule has 0 aromatic rings. The van der Waals surface area contributed by atoms with E-state index < -0.39 is 0 Å². The van der Waals surface area contributed by atoms with Gasteiger partial charge >= 0.3 is 0 Å². The number of hydrogen-bond acceptors (Lipinski definition) is 1. The normalized spacial score (nSPS) is 14.5. The smallest absolute Gasteiger partial charge is 0.00925 e. The van der Waals surface area contributed by atoms with Gasteiger partial charge in [0.15, 0.2) is 0 Å². The van der Waals surface area contributed by atoms with Crippen LogP contribution in [0.2, 0.25) is 0 Å². The summed E-state index contributed by atoms with van der Waals surface area (Å²) >= 11 is 0. The Morgan fingerprint density at radius 1 is 1.20 bits per heavy atom. The van der Waals surface area contributed by atoms with E-state index in [1.807, 2.05) is 0 Å². The Morgan fingerprint density at radius 3 is 2.40 bits per heavy atom. The lowest BCUT2D eigenvalue weighted by molar-refractivity contribution is 0.313. The van der Waals surface area contributed by atoms with Gasteiger partial charge in [-0.3, -0.25) is 0 Å². The van der Waals surface area contributed by atoms with Gasteiger partial charge in [-0.2, -0.15) is 0 Å². The van der Waals surface area contributed by atoms with Crippen LogP contribution in [-0.4, -0.2) is 13.1 Å². The minimum Gasteiger partial charge on any atom is -0.317 e. The van der Waals surface area contributed by atoms with Crippen molar-refractivity contribution < 1.29 is 0 Å². The summed E-state index contributed by atoms with van der Waals surface area (Å²) in [5.41, 5.74) is 0. The standard InChI is InChI=1S/C14H27N/c1-5-8-10-12-14(15-4)13(7-3)11-9-6-2/h1,13-15H,6-12H2,2-4H3. The van der Waals surface area contributed by atoms with Gasteiger partial charge in [0, 0.05) is 12.5 Å². The number of hydrogen-bond donors (Lipinski definition) is 1. The van der Waals surface area contributed by atoms with Crippen molar-refractivity contribution in [3.63, 3.8) is 0 Å². The van der Waals surface area contributed by atoms with E-state index in [-0.39, 0.29) is 0 Å². The Hall–Kier alpha value is -0.480. The van der Waals surface area contributed by atoms with Crippen LogP contribution in [0.1, 0.15) is 58.8 Å². The average molecular weight is 209 g/mol. The van der Waals surface area contributed by atoms with Gasteiger partial charge in [0.25, 0.3) is 0 Å². The van der Waals surface area contributed by atoms with E-state index >= 15 is 0 Å². The first kappa shape index (κ1) is 14.5. The zero-order valence-electron chi connectivity index (χ0n) is 10.7. The Morgan fingerprint density at radius 2 is 1.93 bits per heavy atom. The molecule has 0 amide bonds. The third kappa shape index (κ3) is 6.57. The highest BCUT2D eigenvalue weighted by molar-refractivity contribution is 4.84. The number of unbranched alkanes of at least 4 members (excludes halogenated alkanes) is 2. The third-order valence-corrected chi connectivity index (χ3v) is 3.23. The lowest BCUT2D eigenvalue weighted by Crippen LogP contribution is -2.33. The van der Waals surface area contributed by atoms with E-state index in [1.165, 1.54) is 32.1 Å². The molecule has 0 rings (SSSR count). The highest BCUT2D eigenvalue weighted by Gasteiger charge is 2.16. The maximum atomic E-state index is 5.27. The molecule has 0 aromatic heterocycles. The van der Waals surface area contributed by atoms with E-state index in [0.29, 0.717) is 6.04 Å². The molecule has 0 spiro atoms. The first-order valence-corrected chi connectivity index (χ1v) is 6.40. The summed E-state index contributed by atoms with van der Waals surface area (Å²) in [7, 11) is 2.08. The summed E-state index contributed by atoms with van der Waals surface area (Å²) in [6.45, 7) is 4.56. The molecule has 2 unspecified atom stereocenters. The van der Waals surface area contributed by atoms with Crippen LogP contribution in [0.4, 0.5) is 0 Å². The van der Waals surface area contributed by atoms with Crippen molar-refractivity contribution in [2.24, 2.45) is 5.92 Å². The molecule has 0 aliphatic carbocycles. The zero-order valence-corrected chi connectivity index (χ0v) is 10.7. The van der Waals surface area contributed by atoms with E-state index in [4.69, 9.17) is 6.42 Å². The summed E-state index contributed by atoms with van der Waals surface area (Å²) in [6.07, 6.45) is 13.9. The van der Waals surface area contributed by atoms with Crippen molar-refractivity contribution in [2.75, 3.05) is 7.05 Å². The molecule has 0 saturated carbocycles. The summed E-state index contributed by atoms with van der Waals surface area (Å²) in [4.78, 5) is 0. The Balaban J connectivity index is 3.92. The molecule has 1 heteroatoms. The predicted molar refractivity (Wildman–Crippen MR) is 68.8 cm³/mol. The second-order valence-electron chi connectivity index (χ2n) is 4.30. The van der Waals surface area contributed by atoms with Crippen LogP contribution in [-0.2, 0) is 0 Å². The van der Waals surface area contributed by atoms with Crippen LogP contribution in [0.25, 0.3) is 0 Å². The highest BCUT2D eigenvalue weighted by atomic mass is 14.9. The lowest BCUT2D eigenvalue weighted by Gasteiger charge is -2.25. The van der Waals surface area contributed by atoms with Crippen molar-refractivity contribution in [3.8, 4) is 12.3 Å². The summed E-state index contributed by atoms with van der Waals surface area (Å²) in [6, 6.07) is 0.662. The van der Waals surface area contributed by atoms with Crippen LogP contribution < -0.4 is 5.32 Å². The first-order valence-electron chi connectivity index (χ1n) is 6.40. The fraction of sp³-hybridized carbons (Fsp3) is 0.857. The first-order chi connectivity index (χ1) is 7.29. The molecule has 1 nitrogen and oxygen atoms in total. The van der Waals surface area contributed by atoms with Gasteiger partial charge in [-0.05, 0) is 32.2 Å². The monoisotopic (exact) mass is 209 g/mol. The second kappa shape index (κ2) is 10.1. The number of rotatable bonds is 9. The number of nitrogens with one attached hydrogen (secondary N) is 1. The Labute approximate surface area is 96.0 Å². The summed E-state index contributed by atoms with van der Waals surface area (Å²) in [5.74, 6) is 3.55. The molecule has 0 aliphatic heterocycles. The molecule has 15 heavy (non-hydrogen) atoms. The minimum atomic E-state index is 0.662. The Bertz CT molecular complexity index is 169. The fourth-order valence-electron chi connectivity index (χ4n) is 2.20. The molecule has 2 atom stereocenters. The summed E-state index contributed by atoms with van der Waals surface area (Å²) < 4.78 is 0. The zero-order chi connectivity index (χ0) is 11.5. The third-order valence-electron chi connectivity index (χ3n) is 3.23. The molecule has 0 aromatic carbocycles. The maximum absolute atomic E-state index is 5.27. The van der Waals surface area contributed by atoms with Gasteiger partial charge in [0.05, 0.1) is 0 Å². The van der Waals surface area contributed by atoms with Crippen molar-refractivity contribution >= 4 is 0 Å². The lowest BCUT2D eigenvalue weighted by atomic mass is 9.88. The van der Waals surface area contributed by atoms with E-state index in [0.717, 1.165) is 18.8 Å². The molecule has 1 N–H and O–H groups in total. The molecule has 88 valence electrons. The quantitative estimate of drug-likeness (QED) is 0.452. The van der Waals surface area contributed by atoms with Crippen molar-refractivity contribution in [2.45, 2.75) is 64.8 Å². The van der Waals surface area contributed by atoms with E-state index in [9.17, 15) is 0 Å². The van der Waals surface area contributed by atoms with Crippen LogP contribution in [0.3, 0.4) is 0 Å². The fourth-order valence-corrected chi connectivity index (χ4v) is 2.20. The molecular formula is C14H27N. The summed E-state index contributed by atoms with van der Waals surface area (Å²) in [5, 5.41) is 3.45. The molecular weight excluding hydrogens is 182 g/mol. The van der Waals surface area contributed by atoms with E-state index in [1.54, 1.807) is 0 Å². The van der Waals surface area contributed by atoms with Gasteiger partial charge in [-0.15, -0.1) is 12.3 Å². The van der Waals surface area contributed by atoms with Crippen molar-refractivity contribution in [3.05, 3.63) is 0 Å². The largest absolute Gasteiger partial charge is 0.317 e. The maximum Gasteiger partial charge on any atom is 0.00925 e. The molecule has 0 fully saturated rings. The topological polar surface area (TPSA) is 12.0 Å². The van der Waals surface area contributed by atoms with Gasteiger partial charge in [0.1, 0.15) is 0 Å². The van der Waals surface area contributed by atoms with Gasteiger partial charge in [-0.1, -0.05) is 33.1 Å². The molecule has 0 radical (unpaired) electrons. The minimum absolute atomic E-state index is 0.662. The average Bonchev–Trinajstić information content (AvgIpc) is 2.27. The number of terminal acetylenes is 1. The predicted octanol–water partition coefficient (Wildman–Crippen LogP) is 3.59. The van der Waals surface area contributed by atoms with Gasteiger partial charge in [0.2, 0.25) is 0 Å². The van der Waals surface area contributed by atoms with Gasteiger partial charge < -0.3 is 5.32 Å². The SMILES string of the molecule is C#CCCCC(NC)C(CC)CCCC. The molecule has 0 aliphatic rings. The second-order valence-corrected chi connectivity index (χ2v) is 4.30. The van der Waals surface area contributed by atoms with Crippen LogP contribution in [0, 0.1) is 18.3 Å². The molecule has 0 saturated heterocycles. The Kier molecular flexibility index (Phi) is 9.73. The van der Waals surface area contributed by atoms with Crippen LogP contribution in [0.15, 0.2) is 0 Å². The van der Waals surface area contributed by atoms with Crippen molar-refractivity contribution in [1.82, 2.24) is 5.32 Å². The molecule has 0 heterocycles. The van der Waals surface area contributed by atoms with E-state index in [2.05, 4.69) is 32.1 Å².